The zero-order valence-corrected chi connectivity index (χ0v) is 17.8. The number of carbonyl (C=O) groups is 3. The predicted molar refractivity (Wildman–Crippen MR) is 108 cm³/mol. The number of nitrogens with one attached hydrogen (secondary N) is 2. The van der Waals surface area contributed by atoms with Crippen LogP contribution in [0.25, 0.3) is 0 Å². The minimum Gasteiger partial charge on any atom is -0.468 e. The van der Waals surface area contributed by atoms with Gasteiger partial charge in [-0.05, 0) is 49.7 Å². The maximum absolute atomic E-state index is 12.3. The second-order valence-corrected chi connectivity index (χ2v) is 8.03. The van der Waals surface area contributed by atoms with E-state index in [0.717, 1.165) is 0 Å². The average Bonchev–Trinajstić information content (AvgIpc) is 3.28. The van der Waals surface area contributed by atoms with Crippen molar-refractivity contribution in [3.8, 4) is 0 Å². The fraction of sp³-hybridized carbons (Fsp3) is 0.350. The van der Waals surface area contributed by atoms with Crippen LogP contribution in [0.2, 0.25) is 0 Å². The molecule has 10 nitrogen and oxygen atoms in total. The van der Waals surface area contributed by atoms with E-state index in [9.17, 15) is 22.8 Å². The molecule has 1 aromatic heterocycles. The topological polar surface area (TPSA) is 141 Å². The lowest BCUT2D eigenvalue weighted by molar-refractivity contribution is -0.143. The lowest BCUT2D eigenvalue weighted by Gasteiger charge is -2.08. The molecule has 1 amide bonds. The van der Waals surface area contributed by atoms with Crippen molar-refractivity contribution in [3.63, 3.8) is 0 Å². The lowest BCUT2D eigenvalue weighted by atomic mass is 10.2. The van der Waals surface area contributed by atoms with E-state index in [1.165, 1.54) is 30.5 Å². The maximum Gasteiger partial charge on any atom is 0.338 e. The summed E-state index contributed by atoms with van der Waals surface area (Å²) in [7, 11) is -3.79. The van der Waals surface area contributed by atoms with Gasteiger partial charge in [0.05, 0.1) is 29.9 Å². The molecular weight excluding hydrogens is 428 g/mol. The third kappa shape index (κ3) is 8.22. The Morgan fingerprint density at radius 1 is 1.06 bits per heavy atom. The summed E-state index contributed by atoms with van der Waals surface area (Å²) in [5.74, 6) is -1.17. The summed E-state index contributed by atoms with van der Waals surface area (Å²) in [5.41, 5.74) is 0.0973. The molecule has 2 N–H and O–H groups in total. The number of sulfonamides is 1. The van der Waals surface area contributed by atoms with E-state index in [1.54, 1.807) is 19.1 Å². The normalized spacial score (nSPS) is 11.0. The van der Waals surface area contributed by atoms with Gasteiger partial charge in [0.15, 0.2) is 6.61 Å². The minimum absolute atomic E-state index is 0.00593. The highest BCUT2D eigenvalue weighted by atomic mass is 32.2. The molecule has 0 aliphatic rings. The van der Waals surface area contributed by atoms with Gasteiger partial charge in [-0.3, -0.25) is 9.59 Å². The molecule has 0 saturated heterocycles. The van der Waals surface area contributed by atoms with Crippen molar-refractivity contribution in [2.75, 3.05) is 19.8 Å². The number of carbonyl (C=O) groups excluding carboxylic acids is 3. The Balaban J connectivity index is 1.75. The molecule has 0 spiro atoms. The SMILES string of the molecule is CCOC(=O)CCCNC(=O)COC(=O)c1ccc(S(=O)(=O)NCc2ccco2)cc1. The van der Waals surface area contributed by atoms with Crippen molar-refractivity contribution in [1.29, 1.82) is 0 Å². The van der Waals surface area contributed by atoms with E-state index in [-0.39, 0.29) is 35.9 Å². The van der Waals surface area contributed by atoms with Crippen LogP contribution in [0.15, 0.2) is 52.0 Å². The molecule has 0 bridgehead atoms. The fourth-order valence-electron chi connectivity index (χ4n) is 2.39. The second-order valence-electron chi connectivity index (χ2n) is 6.26. The quantitative estimate of drug-likeness (QED) is 0.363. The smallest absolute Gasteiger partial charge is 0.338 e. The van der Waals surface area contributed by atoms with Gasteiger partial charge in [0.25, 0.3) is 5.91 Å². The van der Waals surface area contributed by atoms with E-state index < -0.39 is 28.5 Å². The number of amides is 1. The van der Waals surface area contributed by atoms with Crippen molar-refractivity contribution in [2.45, 2.75) is 31.2 Å². The number of hydrogen-bond donors (Lipinski definition) is 2. The fourth-order valence-corrected chi connectivity index (χ4v) is 3.39. The summed E-state index contributed by atoms with van der Waals surface area (Å²) in [6.45, 7) is 1.75. The van der Waals surface area contributed by atoms with Crippen LogP contribution in [0.3, 0.4) is 0 Å². The molecule has 1 aromatic carbocycles. The van der Waals surface area contributed by atoms with Crippen LogP contribution in [0.1, 0.15) is 35.9 Å². The molecule has 2 aromatic rings. The number of rotatable bonds is 12. The third-order valence-corrected chi connectivity index (χ3v) is 5.35. The third-order valence-electron chi connectivity index (χ3n) is 3.94. The summed E-state index contributed by atoms with van der Waals surface area (Å²) in [5, 5.41) is 2.52. The molecule has 0 aliphatic carbocycles. The van der Waals surface area contributed by atoms with Gasteiger partial charge in [0.2, 0.25) is 10.0 Å². The van der Waals surface area contributed by atoms with Crippen LogP contribution in [0, 0.1) is 0 Å². The summed E-state index contributed by atoms with van der Waals surface area (Å²) >= 11 is 0. The number of esters is 2. The maximum atomic E-state index is 12.3. The van der Waals surface area contributed by atoms with Gasteiger partial charge in [0, 0.05) is 13.0 Å². The van der Waals surface area contributed by atoms with Gasteiger partial charge in [-0.1, -0.05) is 0 Å². The number of ether oxygens (including phenoxy) is 2. The molecule has 0 saturated carbocycles. The Morgan fingerprint density at radius 2 is 1.81 bits per heavy atom. The largest absolute Gasteiger partial charge is 0.468 e. The molecular formula is C20H24N2O8S. The number of benzene rings is 1. The standard InChI is InChI=1S/C20H24N2O8S/c1-2-28-19(24)6-3-11-21-18(23)14-30-20(25)15-7-9-17(10-8-15)31(26,27)22-13-16-5-4-12-29-16/h4-5,7-10,12,22H,2-3,6,11,13-14H2,1H3,(H,21,23). The summed E-state index contributed by atoms with van der Waals surface area (Å²) in [6.07, 6.45) is 2.02. The van der Waals surface area contributed by atoms with E-state index in [1.807, 2.05) is 0 Å². The first-order valence-corrected chi connectivity index (χ1v) is 11.0. The van der Waals surface area contributed by atoms with Crippen molar-refractivity contribution >= 4 is 27.9 Å². The Morgan fingerprint density at radius 3 is 2.45 bits per heavy atom. The van der Waals surface area contributed by atoms with Crippen LogP contribution in [0.4, 0.5) is 0 Å². The molecule has 1 heterocycles. The zero-order chi connectivity index (χ0) is 22.7. The van der Waals surface area contributed by atoms with E-state index >= 15 is 0 Å². The first-order chi connectivity index (χ1) is 14.8. The molecule has 0 fully saturated rings. The van der Waals surface area contributed by atoms with Crippen LogP contribution < -0.4 is 10.0 Å². The Labute approximate surface area is 180 Å². The summed E-state index contributed by atoms with van der Waals surface area (Å²) in [6, 6.07) is 8.39. The van der Waals surface area contributed by atoms with Crippen molar-refractivity contribution in [1.82, 2.24) is 10.0 Å². The van der Waals surface area contributed by atoms with Gasteiger partial charge in [-0.25, -0.2) is 17.9 Å². The van der Waals surface area contributed by atoms with Crippen molar-refractivity contribution in [3.05, 3.63) is 54.0 Å². The Bertz CT molecular complexity index is 969. The van der Waals surface area contributed by atoms with Crippen LogP contribution >= 0.6 is 0 Å². The molecule has 31 heavy (non-hydrogen) atoms. The molecule has 11 heteroatoms. The molecule has 0 aliphatic heterocycles. The van der Waals surface area contributed by atoms with Crippen molar-refractivity contribution in [2.24, 2.45) is 0 Å². The monoisotopic (exact) mass is 452 g/mol. The highest BCUT2D eigenvalue weighted by molar-refractivity contribution is 7.89. The van der Waals surface area contributed by atoms with Gasteiger partial charge in [0.1, 0.15) is 5.76 Å². The Hall–Kier alpha value is -3.18. The summed E-state index contributed by atoms with van der Waals surface area (Å²) in [4.78, 5) is 34.9. The van der Waals surface area contributed by atoms with Crippen LogP contribution in [0.5, 0.6) is 0 Å². The van der Waals surface area contributed by atoms with Crippen LogP contribution in [-0.4, -0.2) is 46.0 Å². The molecule has 0 atom stereocenters. The number of furan rings is 1. The van der Waals surface area contributed by atoms with Gasteiger partial charge < -0.3 is 19.2 Å². The zero-order valence-electron chi connectivity index (χ0n) is 17.0. The molecule has 0 radical (unpaired) electrons. The average molecular weight is 452 g/mol. The highest BCUT2D eigenvalue weighted by Crippen LogP contribution is 2.12. The molecule has 168 valence electrons. The van der Waals surface area contributed by atoms with E-state index in [0.29, 0.717) is 18.8 Å². The van der Waals surface area contributed by atoms with Gasteiger partial charge >= 0.3 is 11.9 Å². The second kappa shape index (κ2) is 11.9. The molecule has 0 unspecified atom stereocenters. The number of hydrogen-bond acceptors (Lipinski definition) is 8. The van der Waals surface area contributed by atoms with Crippen molar-refractivity contribution < 1.29 is 36.7 Å². The highest BCUT2D eigenvalue weighted by Gasteiger charge is 2.16. The lowest BCUT2D eigenvalue weighted by Crippen LogP contribution is -2.30. The molecule has 2 rings (SSSR count). The summed E-state index contributed by atoms with van der Waals surface area (Å²) < 4.78 is 41.7. The van der Waals surface area contributed by atoms with Gasteiger partial charge in [-0.15, -0.1) is 0 Å². The first-order valence-electron chi connectivity index (χ1n) is 9.53. The van der Waals surface area contributed by atoms with Gasteiger partial charge in [-0.2, -0.15) is 0 Å². The Kier molecular flexibility index (Phi) is 9.22. The predicted octanol–water partition coefficient (Wildman–Crippen LogP) is 1.37. The van der Waals surface area contributed by atoms with Crippen LogP contribution in [-0.2, 0) is 35.6 Å². The van der Waals surface area contributed by atoms with E-state index in [2.05, 4.69) is 10.0 Å². The first kappa shape index (κ1) is 24.1. The minimum atomic E-state index is -3.79. The van der Waals surface area contributed by atoms with E-state index in [4.69, 9.17) is 13.9 Å².